The van der Waals surface area contributed by atoms with Crippen LogP contribution in [0.15, 0.2) is 36.4 Å². The van der Waals surface area contributed by atoms with Gasteiger partial charge in [0.1, 0.15) is 6.54 Å². The van der Waals surface area contributed by atoms with Gasteiger partial charge >= 0.3 is 5.97 Å². The highest BCUT2D eigenvalue weighted by atomic mass is 16.5. The second kappa shape index (κ2) is 6.37. The van der Waals surface area contributed by atoms with Crippen LogP contribution >= 0.6 is 0 Å². The van der Waals surface area contributed by atoms with Gasteiger partial charge in [-0.05, 0) is 43.9 Å². The summed E-state index contributed by atoms with van der Waals surface area (Å²) in [5.41, 5.74) is 1.48. The second-order valence-electron chi connectivity index (χ2n) is 8.78. The van der Waals surface area contributed by atoms with Crippen molar-refractivity contribution in [3.63, 3.8) is 0 Å². The number of hydrogen-bond donors (Lipinski definition) is 0. The fourth-order valence-electron chi connectivity index (χ4n) is 5.54. The number of carbonyl (C=O) groups excluding carboxylic acids is 4. The molecule has 2 bridgehead atoms. The number of rotatable bonds is 5. The average molecular weight is 393 g/mol. The third kappa shape index (κ3) is 2.76. The van der Waals surface area contributed by atoms with Crippen LogP contribution in [0.4, 0.5) is 0 Å². The number of esters is 1. The molecule has 6 rings (SSSR count). The Labute approximate surface area is 168 Å². The zero-order valence-corrected chi connectivity index (χ0v) is 16.4. The molecule has 1 aromatic rings. The Morgan fingerprint density at radius 1 is 1.03 bits per heavy atom. The number of carbonyl (C=O) groups is 4. The maximum atomic E-state index is 12.9. The Kier molecular flexibility index (Phi) is 4.02. The maximum Gasteiger partial charge on any atom is 0.326 e. The minimum Gasteiger partial charge on any atom is -0.453 e. The highest BCUT2D eigenvalue weighted by Gasteiger charge is 2.67. The predicted octanol–water partition coefficient (Wildman–Crippen LogP) is 2.16. The number of hydrogen-bond acceptors (Lipinski definition) is 5. The van der Waals surface area contributed by atoms with Gasteiger partial charge < -0.3 is 4.74 Å². The standard InChI is InChI=1S/C23H23NO5/c1-11-3-5-13(6-4-11)21(26)12(2)29-18(25)10-24-22(27)19-14-7-8-15(17-9-16(14)17)20(19)23(24)28/h3-8,12,14-17,19-20H,9-10H2,1-2H3/t12-,14+,15+,16+,17+,19-,20-/m0/s1. The van der Waals surface area contributed by atoms with Crippen molar-refractivity contribution >= 4 is 23.6 Å². The van der Waals surface area contributed by atoms with E-state index in [4.69, 9.17) is 4.74 Å². The van der Waals surface area contributed by atoms with E-state index in [1.807, 2.05) is 19.1 Å². The van der Waals surface area contributed by atoms with Crippen LogP contribution in [0.1, 0.15) is 29.3 Å². The van der Waals surface area contributed by atoms with E-state index in [0.29, 0.717) is 17.4 Å². The fourth-order valence-corrected chi connectivity index (χ4v) is 5.54. The number of ketones is 1. The molecule has 1 aromatic carbocycles. The summed E-state index contributed by atoms with van der Waals surface area (Å²) in [6, 6.07) is 7.01. The van der Waals surface area contributed by atoms with Crippen LogP contribution in [0, 0.1) is 42.4 Å². The highest BCUT2D eigenvalue weighted by molar-refractivity contribution is 6.08. The van der Waals surface area contributed by atoms with Gasteiger partial charge in [0.25, 0.3) is 0 Å². The van der Waals surface area contributed by atoms with Gasteiger partial charge in [-0.3, -0.25) is 24.1 Å². The van der Waals surface area contributed by atoms with Crippen molar-refractivity contribution in [3.05, 3.63) is 47.5 Å². The van der Waals surface area contributed by atoms with Crippen LogP contribution in [-0.2, 0) is 19.1 Å². The largest absolute Gasteiger partial charge is 0.453 e. The Morgan fingerprint density at radius 2 is 1.59 bits per heavy atom. The Hall–Kier alpha value is -2.76. The number of ether oxygens (including phenoxy) is 1. The van der Waals surface area contributed by atoms with Crippen LogP contribution in [0.25, 0.3) is 0 Å². The van der Waals surface area contributed by atoms with Crippen molar-refractivity contribution < 1.29 is 23.9 Å². The minimum atomic E-state index is -0.981. The Bertz CT molecular complexity index is 913. The van der Waals surface area contributed by atoms with Gasteiger partial charge in [0.05, 0.1) is 11.8 Å². The monoisotopic (exact) mass is 393 g/mol. The number of Topliss-reactive ketones (excluding diaryl/α,β-unsaturated/α-hetero) is 1. The van der Waals surface area contributed by atoms with Gasteiger partial charge in [-0.15, -0.1) is 0 Å². The van der Waals surface area contributed by atoms with E-state index < -0.39 is 18.6 Å². The van der Waals surface area contributed by atoms with Crippen LogP contribution < -0.4 is 0 Å². The third-order valence-electron chi connectivity index (χ3n) is 7.05. The number of aryl methyl sites for hydroxylation is 1. The van der Waals surface area contributed by atoms with Crippen molar-refractivity contribution in [1.82, 2.24) is 4.90 Å². The first-order chi connectivity index (χ1) is 13.9. The topological polar surface area (TPSA) is 80.8 Å². The van der Waals surface area contributed by atoms with Crippen LogP contribution in [0.2, 0.25) is 0 Å². The van der Waals surface area contributed by atoms with Gasteiger partial charge in [0.2, 0.25) is 17.6 Å². The van der Waals surface area contributed by atoms with E-state index in [9.17, 15) is 19.2 Å². The summed E-state index contributed by atoms with van der Waals surface area (Å²) in [4.78, 5) is 51.7. The summed E-state index contributed by atoms with van der Waals surface area (Å²) in [7, 11) is 0. The molecule has 0 radical (unpaired) electrons. The van der Waals surface area contributed by atoms with Gasteiger partial charge in [-0.1, -0.05) is 42.0 Å². The molecule has 0 unspecified atom stereocenters. The molecular weight excluding hydrogens is 370 g/mol. The number of imide groups is 1. The lowest BCUT2D eigenvalue weighted by Gasteiger charge is -2.37. The minimum absolute atomic E-state index is 0.120. The number of amides is 2. The number of benzene rings is 1. The molecule has 7 atom stereocenters. The molecule has 6 nitrogen and oxygen atoms in total. The summed E-state index contributed by atoms with van der Waals surface area (Å²) in [6.07, 6.45) is 4.30. The van der Waals surface area contributed by atoms with Crippen LogP contribution in [0.5, 0.6) is 0 Å². The third-order valence-corrected chi connectivity index (χ3v) is 7.05. The molecule has 2 amide bonds. The maximum absolute atomic E-state index is 12.9. The molecule has 6 heteroatoms. The first-order valence-electron chi connectivity index (χ1n) is 10.2. The molecule has 1 heterocycles. The average Bonchev–Trinajstić information content (AvgIpc) is 3.49. The summed E-state index contributed by atoms with van der Waals surface area (Å²) in [5.74, 6) is -0.968. The van der Waals surface area contributed by atoms with E-state index in [1.54, 1.807) is 12.1 Å². The van der Waals surface area contributed by atoms with E-state index in [1.165, 1.54) is 6.92 Å². The molecule has 1 saturated heterocycles. The molecule has 2 saturated carbocycles. The van der Waals surface area contributed by atoms with Crippen molar-refractivity contribution in [2.75, 3.05) is 6.54 Å². The number of nitrogens with zero attached hydrogens (tertiary/aromatic N) is 1. The van der Waals surface area contributed by atoms with Gasteiger partial charge in [-0.25, -0.2) is 0 Å². The van der Waals surface area contributed by atoms with Gasteiger partial charge in [0.15, 0.2) is 6.10 Å². The van der Waals surface area contributed by atoms with Crippen molar-refractivity contribution in [2.24, 2.45) is 35.5 Å². The molecular formula is C23H23NO5. The molecule has 1 aliphatic heterocycles. The SMILES string of the molecule is Cc1ccc(C(=O)[C@H](C)OC(=O)CN2C(=O)[C@H]3[C@@H]4C=C[C@H]([C@H]5C[C@H]45)[C@@H]3C2=O)cc1. The smallest absolute Gasteiger partial charge is 0.326 e. The first kappa shape index (κ1) is 18.3. The first-order valence-corrected chi connectivity index (χ1v) is 10.2. The fraction of sp³-hybridized carbons (Fsp3) is 0.478. The Balaban J connectivity index is 1.24. The molecule has 4 aliphatic carbocycles. The van der Waals surface area contributed by atoms with Gasteiger partial charge in [-0.2, -0.15) is 0 Å². The molecule has 0 spiro atoms. The zero-order valence-electron chi connectivity index (χ0n) is 16.4. The van der Waals surface area contributed by atoms with Gasteiger partial charge in [0, 0.05) is 5.56 Å². The predicted molar refractivity (Wildman–Crippen MR) is 102 cm³/mol. The zero-order chi connectivity index (χ0) is 20.4. The highest BCUT2D eigenvalue weighted by Crippen LogP contribution is 2.65. The van der Waals surface area contributed by atoms with Crippen molar-refractivity contribution in [3.8, 4) is 0 Å². The van der Waals surface area contributed by atoms with E-state index >= 15 is 0 Å². The summed E-state index contributed by atoms with van der Waals surface area (Å²) in [5, 5.41) is 0. The summed E-state index contributed by atoms with van der Waals surface area (Å²) < 4.78 is 5.26. The van der Waals surface area contributed by atoms with E-state index in [2.05, 4.69) is 12.2 Å². The van der Waals surface area contributed by atoms with Crippen LogP contribution in [-0.4, -0.2) is 41.1 Å². The molecule has 5 aliphatic rings. The van der Waals surface area contributed by atoms with Crippen molar-refractivity contribution in [2.45, 2.75) is 26.4 Å². The molecule has 0 N–H and O–H groups in total. The normalized spacial score (nSPS) is 34.6. The molecule has 150 valence electrons. The number of likely N-dealkylation sites (tertiary alicyclic amines) is 1. The molecule has 3 fully saturated rings. The Morgan fingerprint density at radius 3 is 2.14 bits per heavy atom. The quantitative estimate of drug-likeness (QED) is 0.331. The molecule has 0 aromatic heterocycles. The number of allylic oxidation sites excluding steroid dienone is 2. The lowest BCUT2D eigenvalue weighted by molar-refractivity contribution is -0.154. The van der Waals surface area contributed by atoms with Crippen molar-refractivity contribution in [1.29, 1.82) is 0 Å². The van der Waals surface area contributed by atoms with Crippen LogP contribution in [0.3, 0.4) is 0 Å². The summed E-state index contributed by atoms with van der Waals surface area (Å²) in [6.45, 7) is 3.00. The van der Waals surface area contributed by atoms with E-state index in [0.717, 1.165) is 16.9 Å². The molecule has 29 heavy (non-hydrogen) atoms. The second-order valence-corrected chi connectivity index (χ2v) is 8.78. The lowest BCUT2D eigenvalue weighted by Crippen LogP contribution is -2.40. The lowest BCUT2D eigenvalue weighted by atomic mass is 9.63. The van der Waals surface area contributed by atoms with E-state index in [-0.39, 0.29) is 41.3 Å². The summed E-state index contributed by atoms with van der Waals surface area (Å²) >= 11 is 0.